The Morgan fingerprint density at radius 3 is 2.92 bits per heavy atom. The van der Waals surface area contributed by atoms with Crippen molar-refractivity contribution >= 4 is 16.7 Å². The van der Waals surface area contributed by atoms with Crippen molar-refractivity contribution in [2.45, 2.75) is 45.2 Å². The van der Waals surface area contributed by atoms with E-state index in [0.29, 0.717) is 11.3 Å². The van der Waals surface area contributed by atoms with Crippen LogP contribution in [0, 0.1) is 17.8 Å². The Morgan fingerprint density at radius 2 is 2.17 bits per heavy atom. The number of nitrogens with one attached hydrogen (secondary N) is 1. The maximum atomic E-state index is 12.4. The summed E-state index contributed by atoms with van der Waals surface area (Å²) in [7, 11) is 0. The number of benzene rings is 1. The van der Waals surface area contributed by atoms with Gasteiger partial charge in [-0.05, 0) is 50.0 Å². The molecule has 2 aliphatic rings. The van der Waals surface area contributed by atoms with Crippen LogP contribution in [0.5, 0.6) is 0 Å². The first-order valence-electron chi connectivity index (χ1n) is 8.86. The van der Waals surface area contributed by atoms with E-state index < -0.39 is 0 Å². The number of fused-ring (bicyclic) bond motifs is 3. The zero-order valence-corrected chi connectivity index (χ0v) is 13.9. The van der Waals surface area contributed by atoms with E-state index in [0.717, 1.165) is 17.2 Å². The van der Waals surface area contributed by atoms with E-state index in [2.05, 4.69) is 17.3 Å². The van der Waals surface area contributed by atoms with Crippen molar-refractivity contribution in [2.24, 2.45) is 17.8 Å². The Hall–Kier alpha value is -2.17. The van der Waals surface area contributed by atoms with Crippen molar-refractivity contribution in [3.05, 3.63) is 40.8 Å². The van der Waals surface area contributed by atoms with Gasteiger partial charge in [-0.3, -0.25) is 9.59 Å². The van der Waals surface area contributed by atoms with Gasteiger partial charge in [0.15, 0.2) is 0 Å². The lowest BCUT2D eigenvalue weighted by molar-refractivity contribution is -0.123. The first-order valence-corrected chi connectivity index (χ1v) is 8.86. The molecule has 1 amide bonds. The average Bonchev–Trinajstić information content (AvgIpc) is 3.21. The van der Waals surface area contributed by atoms with Gasteiger partial charge >= 0.3 is 0 Å². The maximum absolute atomic E-state index is 12.4. The molecule has 1 aromatic heterocycles. The van der Waals surface area contributed by atoms with E-state index in [1.165, 1.54) is 30.4 Å². The number of carbonyl (C=O) groups excluding carboxylic acids is 1. The highest BCUT2D eigenvalue weighted by Gasteiger charge is 2.42. The van der Waals surface area contributed by atoms with Gasteiger partial charge in [-0.15, -0.1) is 0 Å². The summed E-state index contributed by atoms with van der Waals surface area (Å²) in [4.78, 5) is 24.8. The summed E-state index contributed by atoms with van der Waals surface area (Å²) in [6.45, 7) is 2.08. The molecule has 2 aliphatic carbocycles. The molecule has 1 aromatic carbocycles. The summed E-state index contributed by atoms with van der Waals surface area (Å²) in [6, 6.07) is 7.49. The third-order valence-corrected chi connectivity index (χ3v) is 5.88. The fourth-order valence-corrected chi connectivity index (χ4v) is 4.69. The predicted octanol–water partition coefficient (Wildman–Crippen LogP) is 2.34. The summed E-state index contributed by atoms with van der Waals surface area (Å²) in [5, 5.41) is 8.62. The van der Waals surface area contributed by atoms with Gasteiger partial charge in [0, 0.05) is 11.4 Å². The summed E-state index contributed by atoms with van der Waals surface area (Å²) in [6.07, 6.45) is 6.87. The van der Waals surface area contributed by atoms with Gasteiger partial charge in [-0.1, -0.05) is 24.6 Å². The third kappa shape index (κ3) is 2.72. The maximum Gasteiger partial charge on any atom is 0.275 e. The first kappa shape index (κ1) is 15.4. The average molecular weight is 325 g/mol. The molecule has 4 rings (SSSR count). The number of nitrogens with zero attached hydrogens (tertiary/aromatic N) is 2. The zero-order valence-electron chi connectivity index (χ0n) is 13.9. The second kappa shape index (κ2) is 6.04. The second-order valence-corrected chi connectivity index (χ2v) is 7.39. The van der Waals surface area contributed by atoms with E-state index in [-0.39, 0.29) is 24.1 Å². The van der Waals surface area contributed by atoms with Gasteiger partial charge in [-0.2, -0.15) is 5.10 Å². The lowest BCUT2D eigenvalue weighted by Crippen LogP contribution is -2.43. The van der Waals surface area contributed by atoms with Crippen LogP contribution in [0.3, 0.4) is 0 Å². The monoisotopic (exact) mass is 325 g/mol. The van der Waals surface area contributed by atoms with Gasteiger partial charge in [0.2, 0.25) is 5.91 Å². The molecule has 1 N–H and O–H groups in total. The predicted molar refractivity (Wildman–Crippen MR) is 92.5 cm³/mol. The fourth-order valence-electron chi connectivity index (χ4n) is 4.69. The van der Waals surface area contributed by atoms with Crippen molar-refractivity contribution in [3.8, 4) is 0 Å². The molecular formula is C19H23N3O2. The van der Waals surface area contributed by atoms with Crippen LogP contribution < -0.4 is 10.9 Å². The summed E-state index contributed by atoms with van der Waals surface area (Å²) in [5.74, 6) is 2.10. The van der Waals surface area contributed by atoms with Crippen molar-refractivity contribution < 1.29 is 4.79 Å². The minimum absolute atomic E-state index is 0.0190. The lowest BCUT2D eigenvalue weighted by Gasteiger charge is -2.28. The zero-order chi connectivity index (χ0) is 16.7. The van der Waals surface area contributed by atoms with Crippen LogP contribution >= 0.6 is 0 Å². The Bertz CT molecular complexity index is 829. The normalized spacial score (nSPS) is 26.6. The quantitative estimate of drug-likeness (QED) is 0.938. The number of amides is 1. The van der Waals surface area contributed by atoms with E-state index in [1.54, 1.807) is 12.3 Å². The first-order chi connectivity index (χ1) is 11.6. The van der Waals surface area contributed by atoms with Gasteiger partial charge in [0.05, 0.1) is 11.6 Å². The Kier molecular flexibility index (Phi) is 3.87. The van der Waals surface area contributed by atoms with Crippen LogP contribution in [0.4, 0.5) is 0 Å². The van der Waals surface area contributed by atoms with Crippen LogP contribution in [0.25, 0.3) is 10.8 Å². The molecule has 4 atom stereocenters. The molecule has 0 spiro atoms. The third-order valence-electron chi connectivity index (χ3n) is 5.88. The molecule has 5 heteroatoms. The standard InChI is InChI=1S/C19H23N3O2/c1-12(17-9-13-6-7-14(17)8-13)21-18(23)11-22-19(24)16-5-3-2-4-15(16)10-20-22/h2-5,10,12-14,17H,6-9,11H2,1H3,(H,21,23)/t12-,13-,14-,17+/m0/s1. The molecule has 5 nitrogen and oxygen atoms in total. The molecule has 2 fully saturated rings. The molecule has 0 radical (unpaired) electrons. The van der Waals surface area contributed by atoms with Crippen molar-refractivity contribution in [1.82, 2.24) is 15.1 Å². The number of carbonyl (C=O) groups is 1. The van der Waals surface area contributed by atoms with Gasteiger partial charge in [0.25, 0.3) is 5.56 Å². The minimum atomic E-state index is -0.212. The highest BCUT2D eigenvalue weighted by molar-refractivity contribution is 5.81. The molecular weight excluding hydrogens is 302 g/mol. The molecule has 126 valence electrons. The SMILES string of the molecule is C[C@H](NC(=O)Cn1ncc2ccccc2c1=O)[C@H]1C[C@H]2CC[C@H]1C2. The largest absolute Gasteiger partial charge is 0.352 e. The van der Waals surface area contributed by atoms with Crippen LogP contribution in [-0.4, -0.2) is 21.7 Å². The topological polar surface area (TPSA) is 64.0 Å². The number of rotatable bonds is 4. The summed E-state index contributed by atoms with van der Waals surface area (Å²) < 4.78 is 1.26. The summed E-state index contributed by atoms with van der Waals surface area (Å²) in [5.41, 5.74) is -0.212. The second-order valence-electron chi connectivity index (χ2n) is 7.39. The van der Waals surface area contributed by atoms with Crippen LogP contribution in [-0.2, 0) is 11.3 Å². The lowest BCUT2D eigenvalue weighted by atomic mass is 9.84. The number of hydrogen-bond donors (Lipinski definition) is 1. The molecule has 0 unspecified atom stereocenters. The molecule has 0 saturated heterocycles. The van der Waals surface area contributed by atoms with E-state index >= 15 is 0 Å². The van der Waals surface area contributed by atoms with Gasteiger partial charge in [0.1, 0.15) is 6.54 Å². The fraction of sp³-hybridized carbons (Fsp3) is 0.526. The van der Waals surface area contributed by atoms with Gasteiger partial charge in [-0.25, -0.2) is 4.68 Å². The van der Waals surface area contributed by atoms with Crippen LogP contribution in [0.2, 0.25) is 0 Å². The van der Waals surface area contributed by atoms with E-state index in [4.69, 9.17) is 0 Å². The molecule has 2 aromatic rings. The van der Waals surface area contributed by atoms with Crippen molar-refractivity contribution in [3.63, 3.8) is 0 Å². The Morgan fingerprint density at radius 1 is 1.33 bits per heavy atom. The number of hydrogen-bond acceptors (Lipinski definition) is 3. The summed E-state index contributed by atoms with van der Waals surface area (Å²) >= 11 is 0. The van der Waals surface area contributed by atoms with Crippen LogP contribution in [0.1, 0.15) is 32.6 Å². The highest BCUT2D eigenvalue weighted by Crippen LogP contribution is 2.49. The number of aromatic nitrogens is 2. The molecule has 2 bridgehead atoms. The smallest absolute Gasteiger partial charge is 0.275 e. The van der Waals surface area contributed by atoms with Crippen LogP contribution in [0.15, 0.2) is 35.3 Å². The molecule has 1 heterocycles. The molecule has 2 saturated carbocycles. The molecule has 0 aliphatic heterocycles. The Labute approximate surface area is 141 Å². The minimum Gasteiger partial charge on any atom is -0.352 e. The molecule has 24 heavy (non-hydrogen) atoms. The Balaban J connectivity index is 1.44. The van der Waals surface area contributed by atoms with E-state index in [1.807, 2.05) is 18.2 Å². The van der Waals surface area contributed by atoms with Crippen molar-refractivity contribution in [2.75, 3.05) is 0 Å². The van der Waals surface area contributed by atoms with Gasteiger partial charge < -0.3 is 5.32 Å². The highest BCUT2D eigenvalue weighted by atomic mass is 16.2. The van der Waals surface area contributed by atoms with E-state index in [9.17, 15) is 9.59 Å². The van der Waals surface area contributed by atoms with Crippen molar-refractivity contribution in [1.29, 1.82) is 0 Å².